The van der Waals surface area contributed by atoms with Crippen LogP contribution < -0.4 is 10.1 Å². The van der Waals surface area contributed by atoms with Crippen molar-refractivity contribution in [3.8, 4) is 5.75 Å². The summed E-state index contributed by atoms with van der Waals surface area (Å²) >= 11 is 10.0. The lowest BCUT2D eigenvalue weighted by atomic mass is 9.97. The molecule has 112 valence electrons. The van der Waals surface area contributed by atoms with Gasteiger partial charge >= 0.3 is 0 Å². The van der Waals surface area contributed by atoms with Crippen molar-refractivity contribution in [2.75, 3.05) is 13.7 Å². The smallest absolute Gasteiger partial charge is 0.133 e. The highest BCUT2D eigenvalue weighted by molar-refractivity contribution is 9.10. The van der Waals surface area contributed by atoms with Crippen LogP contribution in [-0.2, 0) is 0 Å². The van der Waals surface area contributed by atoms with Crippen LogP contribution in [0.3, 0.4) is 0 Å². The van der Waals surface area contributed by atoms with Crippen LogP contribution in [0.15, 0.2) is 40.9 Å². The van der Waals surface area contributed by atoms with Crippen LogP contribution in [0.25, 0.3) is 0 Å². The van der Waals surface area contributed by atoms with Gasteiger partial charge in [-0.3, -0.25) is 0 Å². The van der Waals surface area contributed by atoms with E-state index < -0.39 is 0 Å². The highest BCUT2D eigenvalue weighted by Gasteiger charge is 2.18. The average Bonchev–Trinajstić information content (AvgIpc) is 2.48. The summed E-state index contributed by atoms with van der Waals surface area (Å²) < 4.78 is 6.23. The standard InChI is InChI=1S/C17H19BrClNO/c1-4-20-17(13-7-5-6-11(2)16(13)19)12-8-9-15(21-3)14(18)10-12/h5-10,17,20H,4H2,1-3H3. The van der Waals surface area contributed by atoms with Gasteiger partial charge in [-0.25, -0.2) is 0 Å². The van der Waals surface area contributed by atoms with Crippen LogP contribution in [0.1, 0.15) is 29.7 Å². The van der Waals surface area contributed by atoms with Gasteiger partial charge in [-0.15, -0.1) is 0 Å². The van der Waals surface area contributed by atoms with Crippen molar-refractivity contribution < 1.29 is 4.74 Å². The van der Waals surface area contributed by atoms with Crippen LogP contribution in [0.2, 0.25) is 5.02 Å². The minimum Gasteiger partial charge on any atom is -0.496 e. The lowest BCUT2D eigenvalue weighted by Gasteiger charge is -2.21. The Labute approximate surface area is 139 Å². The molecule has 0 saturated heterocycles. The normalized spacial score (nSPS) is 12.2. The van der Waals surface area contributed by atoms with Crippen molar-refractivity contribution >= 4 is 27.5 Å². The maximum atomic E-state index is 6.50. The van der Waals surface area contributed by atoms with Crippen LogP contribution in [0, 0.1) is 6.92 Å². The lowest BCUT2D eigenvalue weighted by molar-refractivity contribution is 0.412. The highest BCUT2D eigenvalue weighted by Crippen LogP contribution is 2.34. The Morgan fingerprint density at radius 2 is 2.05 bits per heavy atom. The predicted molar refractivity (Wildman–Crippen MR) is 92.4 cm³/mol. The molecule has 2 aromatic carbocycles. The van der Waals surface area contributed by atoms with Gasteiger partial charge in [0.25, 0.3) is 0 Å². The van der Waals surface area contributed by atoms with Crippen molar-refractivity contribution in [1.29, 1.82) is 0 Å². The Morgan fingerprint density at radius 3 is 2.67 bits per heavy atom. The summed E-state index contributed by atoms with van der Waals surface area (Å²) in [5, 5.41) is 4.32. The molecular weight excluding hydrogens is 350 g/mol. The molecule has 2 rings (SSSR count). The average molecular weight is 369 g/mol. The molecule has 0 saturated carbocycles. The third kappa shape index (κ3) is 3.60. The summed E-state index contributed by atoms with van der Waals surface area (Å²) in [6.07, 6.45) is 0. The van der Waals surface area contributed by atoms with Gasteiger partial charge in [-0.1, -0.05) is 42.8 Å². The minimum atomic E-state index is 0.0598. The van der Waals surface area contributed by atoms with Crippen LogP contribution in [-0.4, -0.2) is 13.7 Å². The van der Waals surface area contributed by atoms with Gasteiger partial charge in [0.2, 0.25) is 0 Å². The molecule has 0 radical (unpaired) electrons. The van der Waals surface area contributed by atoms with Crippen molar-refractivity contribution in [1.82, 2.24) is 5.32 Å². The third-order valence-electron chi connectivity index (χ3n) is 3.45. The first-order valence-corrected chi connectivity index (χ1v) is 8.07. The summed E-state index contributed by atoms with van der Waals surface area (Å²) in [4.78, 5) is 0. The van der Waals surface area contributed by atoms with E-state index in [-0.39, 0.29) is 6.04 Å². The summed E-state index contributed by atoms with van der Waals surface area (Å²) in [6.45, 7) is 4.98. The Kier molecular flexibility index (Phi) is 5.68. The second-order valence-corrected chi connectivity index (χ2v) is 6.10. The first-order valence-electron chi connectivity index (χ1n) is 6.90. The zero-order valence-electron chi connectivity index (χ0n) is 12.4. The van der Waals surface area contributed by atoms with Crippen LogP contribution >= 0.6 is 27.5 Å². The van der Waals surface area contributed by atoms with Crippen LogP contribution in [0.4, 0.5) is 0 Å². The number of halogens is 2. The van der Waals surface area contributed by atoms with E-state index in [0.717, 1.165) is 38.5 Å². The molecule has 0 amide bonds. The zero-order valence-corrected chi connectivity index (χ0v) is 14.8. The fraction of sp³-hybridized carbons (Fsp3) is 0.294. The Bertz CT molecular complexity index is 630. The quantitative estimate of drug-likeness (QED) is 0.791. The number of ether oxygens (including phenoxy) is 1. The van der Waals surface area contributed by atoms with Gasteiger partial charge < -0.3 is 10.1 Å². The van der Waals surface area contributed by atoms with E-state index in [1.807, 2.05) is 25.1 Å². The summed E-state index contributed by atoms with van der Waals surface area (Å²) in [5.41, 5.74) is 3.33. The number of hydrogen-bond acceptors (Lipinski definition) is 2. The van der Waals surface area contributed by atoms with E-state index >= 15 is 0 Å². The van der Waals surface area contributed by atoms with Crippen molar-refractivity contribution in [3.05, 3.63) is 62.6 Å². The van der Waals surface area contributed by atoms with Crippen molar-refractivity contribution in [2.24, 2.45) is 0 Å². The first-order chi connectivity index (χ1) is 10.1. The van der Waals surface area contributed by atoms with Crippen molar-refractivity contribution in [2.45, 2.75) is 19.9 Å². The first kappa shape index (κ1) is 16.3. The van der Waals surface area contributed by atoms with Crippen LogP contribution in [0.5, 0.6) is 5.75 Å². The molecule has 1 N–H and O–H groups in total. The minimum absolute atomic E-state index is 0.0598. The number of rotatable bonds is 5. The maximum absolute atomic E-state index is 6.50. The molecule has 0 aromatic heterocycles. The molecule has 0 aliphatic carbocycles. The van der Waals surface area contributed by atoms with Gasteiger partial charge in [-0.2, -0.15) is 0 Å². The Morgan fingerprint density at radius 1 is 1.29 bits per heavy atom. The van der Waals surface area contributed by atoms with Crippen molar-refractivity contribution in [3.63, 3.8) is 0 Å². The van der Waals surface area contributed by atoms with E-state index in [0.29, 0.717) is 0 Å². The monoisotopic (exact) mass is 367 g/mol. The summed E-state index contributed by atoms with van der Waals surface area (Å²) in [6, 6.07) is 12.3. The number of benzene rings is 2. The maximum Gasteiger partial charge on any atom is 0.133 e. The van der Waals surface area contributed by atoms with E-state index in [9.17, 15) is 0 Å². The number of methoxy groups -OCH3 is 1. The molecule has 4 heteroatoms. The molecular formula is C17H19BrClNO. The molecule has 0 spiro atoms. The molecule has 21 heavy (non-hydrogen) atoms. The third-order valence-corrected chi connectivity index (χ3v) is 4.59. The summed E-state index contributed by atoms with van der Waals surface area (Å²) in [7, 11) is 1.67. The fourth-order valence-corrected chi connectivity index (χ4v) is 3.16. The summed E-state index contributed by atoms with van der Waals surface area (Å²) in [5.74, 6) is 0.823. The lowest BCUT2D eigenvalue weighted by Crippen LogP contribution is -2.22. The number of nitrogens with one attached hydrogen (secondary N) is 1. The largest absolute Gasteiger partial charge is 0.496 e. The Hall–Kier alpha value is -1.03. The molecule has 0 fully saturated rings. The van der Waals surface area contributed by atoms with E-state index in [1.54, 1.807) is 7.11 Å². The SMILES string of the molecule is CCNC(c1ccc(OC)c(Br)c1)c1cccc(C)c1Cl. The van der Waals surface area contributed by atoms with E-state index in [1.165, 1.54) is 0 Å². The fourth-order valence-electron chi connectivity index (χ4n) is 2.37. The Balaban J connectivity index is 2.48. The van der Waals surface area contributed by atoms with Gasteiger partial charge in [0.15, 0.2) is 0 Å². The molecule has 1 unspecified atom stereocenters. The van der Waals surface area contributed by atoms with E-state index in [4.69, 9.17) is 16.3 Å². The second-order valence-electron chi connectivity index (χ2n) is 4.86. The molecule has 1 atom stereocenters. The zero-order chi connectivity index (χ0) is 15.4. The molecule has 0 aliphatic heterocycles. The number of aryl methyl sites for hydroxylation is 1. The van der Waals surface area contributed by atoms with Gasteiger partial charge in [0.05, 0.1) is 17.6 Å². The second kappa shape index (κ2) is 7.30. The van der Waals surface area contributed by atoms with Gasteiger partial charge in [-0.05, 0) is 58.2 Å². The van der Waals surface area contributed by atoms with Gasteiger partial charge in [0, 0.05) is 5.02 Å². The molecule has 0 bridgehead atoms. The van der Waals surface area contributed by atoms with Gasteiger partial charge in [0.1, 0.15) is 5.75 Å². The molecule has 2 nitrogen and oxygen atoms in total. The molecule has 0 heterocycles. The van der Waals surface area contributed by atoms with E-state index in [2.05, 4.69) is 46.4 Å². The predicted octanol–water partition coefficient (Wildman–Crippen LogP) is 5.12. The molecule has 2 aromatic rings. The highest BCUT2D eigenvalue weighted by atomic mass is 79.9. The number of hydrogen-bond donors (Lipinski definition) is 1. The topological polar surface area (TPSA) is 21.3 Å². The molecule has 0 aliphatic rings.